The lowest BCUT2D eigenvalue weighted by atomic mass is 9.88. The van der Waals surface area contributed by atoms with E-state index >= 15 is 0 Å². The topological polar surface area (TPSA) is 36.1 Å². The Balaban J connectivity index is 2.05. The Morgan fingerprint density at radius 2 is 1.62 bits per heavy atom. The van der Waals surface area contributed by atoms with E-state index in [1.165, 1.54) is 5.56 Å². The Kier molecular flexibility index (Phi) is 4.55. The van der Waals surface area contributed by atoms with E-state index in [-0.39, 0.29) is 0 Å². The van der Waals surface area contributed by atoms with E-state index in [9.17, 15) is 0 Å². The number of hydrogen-bond donors (Lipinski definition) is 0. The number of aliphatic imine (C=N–C) groups is 1. The summed E-state index contributed by atoms with van der Waals surface area (Å²) in [5.74, 6) is 0. The van der Waals surface area contributed by atoms with E-state index in [4.69, 9.17) is 5.26 Å². The predicted octanol–water partition coefficient (Wildman–Crippen LogP) is 4.90. The van der Waals surface area contributed by atoms with Crippen molar-refractivity contribution in [1.29, 1.82) is 5.26 Å². The van der Waals surface area contributed by atoms with Gasteiger partial charge >= 0.3 is 0 Å². The molecule has 0 aromatic heterocycles. The molecule has 0 aliphatic rings. The van der Waals surface area contributed by atoms with Crippen LogP contribution in [0.3, 0.4) is 0 Å². The van der Waals surface area contributed by atoms with Crippen LogP contribution in [0.25, 0.3) is 0 Å². The first-order chi connectivity index (χ1) is 9.96. The Morgan fingerprint density at radius 3 is 2.14 bits per heavy atom. The molecule has 2 nitrogen and oxygen atoms in total. The van der Waals surface area contributed by atoms with Crippen molar-refractivity contribution in [2.75, 3.05) is 0 Å². The van der Waals surface area contributed by atoms with Crippen molar-refractivity contribution in [3.8, 4) is 6.07 Å². The third kappa shape index (κ3) is 4.89. The highest BCUT2D eigenvalue weighted by Crippen LogP contribution is 2.22. The summed E-state index contributed by atoms with van der Waals surface area (Å²) in [5, 5.41) is 8.76. The highest BCUT2D eigenvalue weighted by molar-refractivity contribution is 5.82. The van der Waals surface area contributed by atoms with Crippen molar-refractivity contribution in [2.24, 2.45) is 10.4 Å². The van der Waals surface area contributed by atoms with Gasteiger partial charge in [0.2, 0.25) is 0 Å². The monoisotopic (exact) mass is 276 g/mol. The van der Waals surface area contributed by atoms with Crippen molar-refractivity contribution < 1.29 is 0 Å². The first kappa shape index (κ1) is 15.0. The van der Waals surface area contributed by atoms with Crippen LogP contribution in [0.4, 0.5) is 5.69 Å². The molecule has 0 amide bonds. The number of benzene rings is 2. The Hall–Kier alpha value is -2.40. The van der Waals surface area contributed by atoms with Crippen molar-refractivity contribution in [2.45, 2.75) is 27.2 Å². The number of rotatable bonds is 3. The number of hydrogen-bond acceptors (Lipinski definition) is 2. The number of nitrogens with zero attached hydrogens (tertiary/aromatic N) is 2. The van der Waals surface area contributed by atoms with Gasteiger partial charge in [-0.05, 0) is 47.2 Å². The minimum Gasteiger partial charge on any atom is -0.256 e. The van der Waals surface area contributed by atoms with Gasteiger partial charge < -0.3 is 0 Å². The third-order valence-electron chi connectivity index (χ3n) is 3.07. The molecular formula is C19H20N2. The van der Waals surface area contributed by atoms with Crippen molar-refractivity contribution in [3.05, 3.63) is 65.2 Å². The summed E-state index contributed by atoms with van der Waals surface area (Å²) < 4.78 is 0. The highest BCUT2D eigenvalue weighted by Gasteiger charge is 2.10. The first-order valence-corrected chi connectivity index (χ1v) is 7.09. The highest BCUT2D eigenvalue weighted by atomic mass is 14.7. The van der Waals surface area contributed by atoms with Gasteiger partial charge in [0.15, 0.2) is 0 Å². The molecule has 0 aliphatic carbocycles. The molecule has 0 fully saturated rings. The molecule has 0 saturated carbocycles. The SMILES string of the molecule is CC(C)(C)Cc1ccc(N=Cc2ccc(C#N)cc2)cc1. The van der Waals surface area contributed by atoms with Gasteiger partial charge in [0, 0.05) is 6.21 Å². The first-order valence-electron chi connectivity index (χ1n) is 7.09. The summed E-state index contributed by atoms with van der Waals surface area (Å²) in [6, 6.07) is 17.9. The molecular weight excluding hydrogens is 256 g/mol. The second kappa shape index (κ2) is 6.37. The smallest absolute Gasteiger partial charge is 0.0991 e. The molecule has 0 atom stereocenters. The summed E-state index contributed by atoms with van der Waals surface area (Å²) >= 11 is 0. The maximum absolute atomic E-state index is 8.76. The lowest BCUT2D eigenvalue weighted by Crippen LogP contribution is -2.08. The van der Waals surface area contributed by atoms with Gasteiger partial charge in [-0.3, -0.25) is 4.99 Å². The average molecular weight is 276 g/mol. The van der Waals surface area contributed by atoms with Crippen molar-refractivity contribution in [3.63, 3.8) is 0 Å². The van der Waals surface area contributed by atoms with Crippen molar-refractivity contribution in [1.82, 2.24) is 0 Å². The fraction of sp³-hybridized carbons (Fsp3) is 0.263. The molecule has 21 heavy (non-hydrogen) atoms. The summed E-state index contributed by atoms with van der Waals surface area (Å²) in [7, 11) is 0. The van der Waals surface area contributed by atoms with Crippen LogP contribution in [0.5, 0.6) is 0 Å². The molecule has 0 heterocycles. The van der Waals surface area contributed by atoms with E-state index in [1.807, 2.05) is 30.5 Å². The molecule has 0 aliphatic heterocycles. The summed E-state index contributed by atoms with van der Waals surface area (Å²) in [6.07, 6.45) is 2.88. The summed E-state index contributed by atoms with van der Waals surface area (Å²) in [6.45, 7) is 6.72. The minimum atomic E-state index is 0.299. The van der Waals surface area contributed by atoms with Crippen LogP contribution < -0.4 is 0 Å². The Morgan fingerprint density at radius 1 is 1.00 bits per heavy atom. The second-order valence-electron chi connectivity index (χ2n) is 6.40. The fourth-order valence-corrected chi connectivity index (χ4v) is 2.11. The molecule has 0 unspecified atom stereocenters. The molecule has 0 bridgehead atoms. The van der Waals surface area contributed by atoms with E-state index in [2.05, 4.69) is 44.0 Å². The van der Waals surface area contributed by atoms with Gasteiger partial charge in [0.25, 0.3) is 0 Å². The number of nitriles is 1. The largest absolute Gasteiger partial charge is 0.256 e. The lowest BCUT2D eigenvalue weighted by molar-refractivity contribution is 0.411. The van der Waals surface area contributed by atoms with Crippen LogP contribution in [0.2, 0.25) is 0 Å². The van der Waals surface area contributed by atoms with Crippen LogP contribution in [0.1, 0.15) is 37.5 Å². The van der Waals surface area contributed by atoms with Crippen LogP contribution in [-0.2, 0) is 6.42 Å². The molecule has 2 aromatic carbocycles. The molecule has 106 valence electrons. The average Bonchev–Trinajstić information content (AvgIpc) is 2.45. The molecule has 2 aromatic rings. The Bertz CT molecular complexity index is 651. The lowest BCUT2D eigenvalue weighted by Gasteiger charge is -2.17. The normalized spacial score (nSPS) is 11.5. The van der Waals surface area contributed by atoms with E-state index in [0.29, 0.717) is 11.0 Å². The van der Waals surface area contributed by atoms with Gasteiger partial charge in [-0.1, -0.05) is 45.0 Å². The van der Waals surface area contributed by atoms with Gasteiger partial charge in [0.05, 0.1) is 17.3 Å². The van der Waals surface area contributed by atoms with Crippen LogP contribution in [0, 0.1) is 16.7 Å². The van der Waals surface area contributed by atoms with Crippen LogP contribution >= 0.6 is 0 Å². The predicted molar refractivity (Wildman–Crippen MR) is 88.0 cm³/mol. The van der Waals surface area contributed by atoms with Gasteiger partial charge in [-0.25, -0.2) is 0 Å². The van der Waals surface area contributed by atoms with Gasteiger partial charge in [0.1, 0.15) is 0 Å². The Labute approximate surface area is 126 Å². The van der Waals surface area contributed by atoms with Crippen LogP contribution in [-0.4, -0.2) is 6.21 Å². The van der Waals surface area contributed by atoms with E-state index in [0.717, 1.165) is 17.7 Å². The molecule has 2 heteroatoms. The van der Waals surface area contributed by atoms with Gasteiger partial charge in [-0.2, -0.15) is 5.26 Å². The zero-order valence-corrected chi connectivity index (χ0v) is 12.8. The molecule has 0 saturated heterocycles. The van der Waals surface area contributed by atoms with E-state index in [1.54, 1.807) is 12.1 Å². The zero-order valence-electron chi connectivity index (χ0n) is 12.8. The maximum Gasteiger partial charge on any atom is 0.0991 e. The maximum atomic E-state index is 8.76. The standard InChI is InChI=1S/C19H20N2/c1-19(2,3)12-15-8-10-18(11-9-15)21-14-17-6-4-16(13-20)5-7-17/h4-11,14H,12H2,1-3H3. The zero-order chi connectivity index (χ0) is 15.3. The summed E-state index contributed by atoms with van der Waals surface area (Å²) in [5.41, 5.74) is 4.23. The quantitative estimate of drug-likeness (QED) is 0.735. The molecule has 2 rings (SSSR count). The second-order valence-corrected chi connectivity index (χ2v) is 6.40. The molecule has 0 spiro atoms. The molecule has 0 radical (unpaired) electrons. The minimum absolute atomic E-state index is 0.299. The fourth-order valence-electron chi connectivity index (χ4n) is 2.11. The summed E-state index contributed by atoms with van der Waals surface area (Å²) in [4.78, 5) is 4.46. The van der Waals surface area contributed by atoms with Crippen molar-refractivity contribution >= 4 is 11.9 Å². The third-order valence-corrected chi connectivity index (χ3v) is 3.07. The molecule has 0 N–H and O–H groups in total. The van der Waals surface area contributed by atoms with Crippen LogP contribution in [0.15, 0.2) is 53.5 Å². The van der Waals surface area contributed by atoms with E-state index < -0.39 is 0 Å². The van der Waals surface area contributed by atoms with Gasteiger partial charge in [-0.15, -0.1) is 0 Å².